The van der Waals surface area contributed by atoms with Crippen molar-refractivity contribution in [2.45, 2.75) is 26.6 Å². The van der Waals surface area contributed by atoms with Crippen molar-refractivity contribution >= 4 is 5.69 Å². The predicted octanol–water partition coefficient (Wildman–Crippen LogP) is 4.93. The quantitative estimate of drug-likeness (QED) is 0.839. The first kappa shape index (κ1) is 14.4. The zero-order valence-corrected chi connectivity index (χ0v) is 11.4. The number of anilines is 1. The van der Waals surface area contributed by atoms with Gasteiger partial charge in [-0.2, -0.15) is 13.2 Å². The van der Waals surface area contributed by atoms with Crippen LogP contribution in [-0.2, 0) is 12.7 Å². The fraction of sp³-hybridized carbons (Fsp3) is 0.250. The number of alkyl halides is 3. The van der Waals surface area contributed by atoms with E-state index in [1.165, 1.54) is 11.6 Å². The molecule has 2 aromatic carbocycles. The van der Waals surface area contributed by atoms with Crippen molar-refractivity contribution < 1.29 is 13.2 Å². The first-order valence-corrected chi connectivity index (χ1v) is 6.34. The second-order valence-electron chi connectivity index (χ2n) is 4.79. The van der Waals surface area contributed by atoms with Crippen molar-refractivity contribution in [1.29, 1.82) is 0 Å². The molecule has 0 radical (unpaired) electrons. The van der Waals surface area contributed by atoms with E-state index in [4.69, 9.17) is 0 Å². The molecule has 1 N–H and O–H groups in total. The molecule has 0 atom stereocenters. The number of aryl methyl sites for hydroxylation is 1. The Hall–Kier alpha value is -1.97. The molecule has 0 saturated carbocycles. The lowest BCUT2D eigenvalue weighted by molar-refractivity contribution is -0.137. The molecule has 20 heavy (non-hydrogen) atoms. The molecule has 0 amide bonds. The van der Waals surface area contributed by atoms with Crippen LogP contribution in [0.3, 0.4) is 0 Å². The van der Waals surface area contributed by atoms with Crippen LogP contribution in [0.5, 0.6) is 0 Å². The topological polar surface area (TPSA) is 12.0 Å². The third kappa shape index (κ3) is 3.32. The molecule has 0 bridgehead atoms. The predicted molar refractivity (Wildman–Crippen MR) is 74.7 cm³/mol. The Morgan fingerprint density at radius 1 is 1.00 bits per heavy atom. The third-order valence-electron chi connectivity index (χ3n) is 3.39. The van der Waals surface area contributed by atoms with Gasteiger partial charge in [-0.3, -0.25) is 0 Å². The average Bonchev–Trinajstić information content (AvgIpc) is 2.40. The third-order valence-corrected chi connectivity index (χ3v) is 3.39. The van der Waals surface area contributed by atoms with E-state index in [-0.39, 0.29) is 0 Å². The minimum atomic E-state index is -4.31. The van der Waals surface area contributed by atoms with Crippen molar-refractivity contribution in [3.63, 3.8) is 0 Å². The van der Waals surface area contributed by atoms with Gasteiger partial charge in [0, 0.05) is 12.2 Å². The fourth-order valence-electron chi connectivity index (χ4n) is 2.01. The van der Waals surface area contributed by atoms with Crippen molar-refractivity contribution in [2.75, 3.05) is 5.32 Å². The van der Waals surface area contributed by atoms with Crippen LogP contribution in [0.25, 0.3) is 0 Å². The Morgan fingerprint density at radius 3 is 2.40 bits per heavy atom. The molecule has 0 aliphatic carbocycles. The summed E-state index contributed by atoms with van der Waals surface area (Å²) in [5, 5.41) is 3.04. The summed E-state index contributed by atoms with van der Waals surface area (Å²) in [4.78, 5) is 0. The molecular formula is C16H16F3N. The molecule has 106 valence electrons. The van der Waals surface area contributed by atoms with Crippen molar-refractivity contribution in [3.05, 3.63) is 64.7 Å². The summed E-state index contributed by atoms with van der Waals surface area (Å²) in [6.07, 6.45) is -4.31. The highest BCUT2D eigenvalue weighted by molar-refractivity contribution is 5.47. The van der Waals surface area contributed by atoms with E-state index in [1.54, 1.807) is 6.07 Å². The lowest BCUT2D eigenvalue weighted by Crippen LogP contribution is -2.07. The summed E-state index contributed by atoms with van der Waals surface area (Å²) in [6.45, 7) is 4.54. The second kappa shape index (κ2) is 5.57. The van der Waals surface area contributed by atoms with Crippen LogP contribution in [0.2, 0.25) is 0 Å². The normalized spacial score (nSPS) is 11.4. The van der Waals surface area contributed by atoms with Crippen LogP contribution in [0.1, 0.15) is 22.3 Å². The summed E-state index contributed by atoms with van der Waals surface area (Å²) in [5.41, 5.74) is 3.26. The molecule has 0 unspecified atom stereocenters. The van der Waals surface area contributed by atoms with Gasteiger partial charge in [0.2, 0.25) is 0 Å². The van der Waals surface area contributed by atoms with Crippen LogP contribution in [0.4, 0.5) is 18.9 Å². The first-order chi connectivity index (χ1) is 9.38. The number of nitrogens with one attached hydrogen (secondary N) is 1. The zero-order chi connectivity index (χ0) is 14.8. The van der Waals surface area contributed by atoms with Crippen molar-refractivity contribution in [1.82, 2.24) is 0 Å². The zero-order valence-electron chi connectivity index (χ0n) is 11.4. The molecule has 0 aliphatic rings. The summed E-state index contributed by atoms with van der Waals surface area (Å²) >= 11 is 0. The van der Waals surface area contributed by atoms with E-state index in [0.29, 0.717) is 12.2 Å². The largest absolute Gasteiger partial charge is 0.416 e. The SMILES string of the molecule is Cc1cccc(CNc2cccc(C(F)(F)F)c2)c1C. The maximum absolute atomic E-state index is 12.6. The molecule has 2 aromatic rings. The Morgan fingerprint density at radius 2 is 1.70 bits per heavy atom. The van der Waals surface area contributed by atoms with Gasteiger partial charge in [-0.1, -0.05) is 24.3 Å². The van der Waals surface area contributed by atoms with E-state index in [2.05, 4.69) is 5.32 Å². The van der Waals surface area contributed by atoms with Gasteiger partial charge in [-0.15, -0.1) is 0 Å². The van der Waals surface area contributed by atoms with Gasteiger partial charge in [0.25, 0.3) is 0 Å². The highest BCUT2D eigenvalue weighted by atomic mass is 19.4. The van der Waals surface area contributed by atoms with Gasteiger partial charge in [-0.05, 0) is 48.7 Å². The number of hydrogen-bond acceptors (Lipinski definition) is 1. The fourth-order valence-corrected chi connectivity index (χ4v) is 2.01. The smallest absolute Gasteiger partial charge is 0.381 e. The van der Waals surface area contributed by atoms with E-state index in [0.717, 1.165) is 23.3 Å². The first-order valence-electron chi connectivity index (χ1n) is 6.34. The maximum atomic E-state index is 12.6. The minimum Gasteiger partial charge on any atom is -0.381 e. The maximum Gasteiger partial charge on any atom is 0.416 e. The van der Waals surface area contributed by atoms with Gasteiger partial charge < -0.3 is 5.32 Å². The van der Waals surface area contributed by atoms with Crippen LogP contribution in [0, 0.1) is 13.8 Å². The summed E-state index contributed by atoms with van der Waals surface area (Å²) in [5.74, 6) is 0. The molecule has 0 aromatic heterocycles. The molecule has 0 heterocycles. The molecule has 0 spiro atoms. The molecule has 0 fully saturated rings. The van der Waals surface area contributed by atoms with Gasteiger partial charge in [0.15, 0.2) is 0 Å². The van der Waals surface area contributed by atoms with Gasteiger partial charge in [0.05, 0.1) is 5.56 Å². The van der Waals surface area contributed by atoms with Crippen LogP contribution in [0.15, 0.2) is 42.5 Å². The number of halogens is 3. The Balaban J connectivity index is 2.13. The highest BCUT2D eigenvalue weighted by Gasteiger charge is 2.30. The number of benzene rings is 2. The monoisotopic (exact) mass is 279 g/mol. The van der Waals surface area contributed by atoms with Gasteiger partial charge >= 0.3 is 6.18 Å². The summed E-state index contributed by atoms with van der Waals surface area (Å²) in [7, 11) is 0. The minimum absolute atomic E-state index is 0.473. The molecule has 2 rings (SSSR count). The summed E-state index contributed by atoms with van der Waals surface area (Å²) in [6, 6.07) is 11.2. The van der Waals surface area contributed by atoms with Gasteiger partial charge in [0.1, 0.15) is 0 Å². The van der Waals surface area contributed by atoms with E-state index in [1.807, 2.05) is 32.0 Å². The number of hydrogen-bond donors (Lipinski definition) is 1. The van der Waals surface area contributed by atoms with Crippen molar-refractivity contribution in [3.8, 4) is 0 Å². The van der Waals surface area contributed by atoms with E-state index < -0.39 is 11.7 Å². The van der Waals surface area contributed by atoms with Gasteiger partial charge in [-0.25, -0.2) is 0 Å². The number of rotatable bonds is 3. The molecule has 1 nitrogen and oxygen atoms in total. The standard InChI is InChI=1S/C16H16F3N/c1-11-5-3-6-13(12(11)2)10-20-15-8-4-7-14(9-15)16(17,18)19/h3-9,20H,10H2,1-2H3. The van der Waals surface area contributed by atoms with E-state index in [9.17, 15) is 13.2 Å². The molecule has 0 aliphatic heterocycles. The Bertz CT molecular complexity index is 603. The van der Waals surface area contributed by atoms with Crippen LogP contribution < -0.4 is 5.32 Å². The summed E-state index contributed by atoms with van der Waals surface area (Å²) < 4.78 is 37.9. The average molecular weight is 279 g/mol. The molecular weight excluding hydrogens is 263 g/mol. The Labute approximate surface area is 116 Å². The second-order valence-corrected chi connectivity index (χ2v) is 4.79. The van der Waals surface area contributed by atoms with Crippen LogP contribution in [-0.4, -0.2) is 0 Å². The van der Waals surface area contributed by atoms with Crippen molar-refractivity contribution in [2.24, 2.45) is 0 Å². The lowest BCUT2D eigenvalue weighted by Gasteiger charge is -2.12. The Kier molecular flexibility index (Phi) is 4.02. The van der Waals surface area contributed by atoms with E-state index >= 15 is 0 Å². The highest BCUT2D eigenvalue weighted by Crippen LogP contribution is 2.30. The van der Waals surface area contributed by atoms with Crippen LogP contribution >= 0.6 is 0 Å². The lowest BCUT2D eigenvalue weighted by atomic mass is 10.0. The molecule has 4 heteroatoms. The molecule has 0 saturated heterocycles.